The maximum absolute atomic E-state index is 2.33. The van der Waals surface area contributed by atoms with E-state index in [1.807, 2.05) is 0 Å². The van der Waals surface area contributed by atoms with Crippen molar-refractivity contribution in [3.63, 3.8) is 0 Å². The monoisotopic (exact) mass is 320 g/mol. The Kier molecular flexibility index (Phi) is 4.22. The Bertz CT molecular complexity index is 793. The molecule has 110 valence electrons. The van der Waals surface area contributed by atoms with Gasteiger partial charge in [0.2, 0.25) is 0 Å². The fourth-order valence-corrected chi connectivity index (χ4v) is 3.29. The SMILES string of the molecule is CN1c2ccccc2Cc2c1c1ccccc1n2C.Cl.Cl. The van der Waals surface area contributed by atoms with E-state index in [1.165, 1.54) is 33.5 Å². The zero-order chi connectivity index (χ0) is 13.0. The lowest BCUT2D eigenvalue weighted by Gasteiger charge is -2.28. The van der Waals surface area contributed by atoms with Gasteiger partial charge in [0, 0.05) is 37.3 Å². The number of benzene rings is 2. The maximum atomic E-state index is 2.33. The Morgan fingerprint density at radius 2 is 1.52 bits per heavy atom. The molecule has 0 radical (unpaired) electrons. The summed E-state index contributed by atoms with van der Waals surface area (Å²) in [6.45, 7) is 0. The first-order valence-electron chi connectivity index (χ1n) is 6.65. The van der Waals surface area contributed by atoms with Gasteiger partial charge in [-0.2, -0.15) is 0 Å². The van der Waals surface area contributed by atoms with E-state index in [0.29, 0.717) is 0 Å². The fourth-order valence-electron chi connectivity index (χ4n) is 3.29. The summed E-state index contributed by atoms with van der Waals surface area (Å²) in [7, 11) is 4.34. The van der Waals surface area contributed by atoms with Crippen molar-refractivity contribution >= 4 is 47.1 Å². The van der Waals surface area contributed by atoms with Crippen LogP contribution in [0.3, 0.4) is 0 Å². The molecule has 1 aromatic heterocycles. The molecule has 0 aliphatic carbocycles. The molecule has 0 atom stereocenters. The molecule has 4 heteroatoms. The molecule has 1 aliphatic rings. The minimum absolute atomic E-state index is 0. The van der Waals surface area contributed by atoms with Crippen molar-refractivity contribution in [3.8, 4) is 0 Å². The predicted octanol–water partition coefficient (Wildman–Crippen LogP) is 4.69. The van der Waals surface area contributed by atoms with Crippen molar-refractivity contribution in [3.05, 3.63) is 59.8 Å². The number of hydrogen-bond donors (Lipinski definition) is 0. The van der Waals surface area contributed by atoms with Gasteiger partial charge >= 0.3 is 0 Å². The van der Waals surface area contributed by atoms with Gasteiger partial charge in [-0.05, 0) is 17.7 Å². The van der Waals surface area contributed by atoms with E-state index >= 15 is 0 Å². The number of para-hydroxylation sites is 2. The number of halogens is 2. The smallest absolute Gasteiger partial charge is 0.0704 e. The average Bonchev–Trinajstić information content (AvgIpc) is 2.74. The van der Waals surface area contributed by atoms with Crippen LogP contribution in [0.1, 0.15) is 11.3 Å². The summed E-state index contributed by atoms with van der Waals surface area (Å²) in [5, 5.41) is 1.34. The number of aryl methyl sites for hydroxylation is 1. The van der Waals surface area contributed by atoms with Gasteiger partial charge in [0.05, 0.1) is 11.2 Å². The third kappa shape index (κ3) is 2.10. The van der Waals surface area contributed by atoms with Gasteiger partial charge < -0.3 is 9.47 Å². The van der Waals surface area contributed by atoms with Gasteiger partial charge in [-0.25, -0.2) is 0 Å². The highest BCUT2D eigenvalue weighted by atomic mass is 35.5. The van der Waals surface area contributed by atoms with Crippen molar-refractivity contribution in [1.29, 1.82) is 0 Å². The number of rotatable bonds is 0. The number of anilines is 2. The summed E-state index contributed by atoms with van der Waals surface area (Å²) in [6, 6.07) is 17.3. The van der Waals surface area contributed by atoms with E-state index in [1.54, 1.807) is 0 Å². The molecule has 0 fully saturated rings. The molecular formula is C17H18Cl2N2. The predicted molar refractivity (Wildman–Crippen MR) is 94.7 cm³/mol. The van der Waals surface area contributed by atoms with Gasteiger partial charge in [-0.1, -0.05) is 36.4 Å². The second kappa shape index (κ2) is 5.63. The van der Waals surface area contributed by atoms with Crippen LogP contribution in [0.25, 0.3) is 10.9 Å². The summed E-state index contributed by atoms with van der Waals surface area (Å²) < 4.78 is 2.33. The lowest BCUT2D eigenvalue weighted by molar-refractivity contribution is 0.863. The van der Waals surface area contributed by atoms with E-state index in [4.69, 9.17) is 0 Å². The molecular weight excluding hydrogens is 303 g/mol. The van der Waals surface area contributed by atoms with E-state index < -0.39 is 0 Å². The molecule has 0 saturated carbocycles. The molecule has 0 N–H and O–H groups in total. The zero-order valence-electron chi connectivity index (χ0n) is 12.0. The molecule has 0 unspecified atom stereocenters. The van der Waals surface area contributed by atoms with Gasteiger partial charge in [0.1, 0.15) is 0 Å². The Morgan fingerprint density at radius 3 is 2.33 bits per heavy atom. The van der Waals surface area contributed by atoms with Crippen LogP contribution < -0.4 is 4.90 Å². The third-order valence-corrected chi connectivity index (χ3v) is 4.25. The number of nitrogens with zero attached hydrogens (tertiary/aromatic N) is 2. The van der Waals surface area contributed by atoms with E-state index in [-0.39, 0.29) is 24.8 Å². The average molecular weight is 321 g/mol. The van der Waals surface area contributed by atoms with Crippen molar-refractivity contribution in [2.45, 2.75) is 6.42 Å². The topological polar surface area (TPSA) is 8.17 Å². The summed E-state index contributed by atoms with van der Waals surface area (Å²) >= 11 is 0. The van der Waals surface area contributed by atoms with Crippen LogP contribution >= 0.6 is 24.8 Å². The molecule has 2 nitrogen and oxygen atoms in total. The fraction of sp³-hybridized carbons (Fsp3) is 0.176. The van der Waals surface area contributed by atoms with Crippen LogP contribution in [0.4, 0.5) is 11.4 Å². The molecule has 21 heavy (non-hydrogen) atoms. The van der Waals surface area contributed by atoms with Gasteiger partial charge in [0.15, 0.2) is 0 Å². The highest BCUT2D eigenvalue weighted by Gasteiger charge is 2.25. The highest BCUT2D eigenvalue weighted by Crippen LogP contribution is 2.42. The second-order valence-corrected chi connectivity index (χ2v) is 5.24. The first-order valence-corrected chi connectivity index (χ1v) is 6.65. The highest BCUT2D eigenvalue weighted by molar-refractivity contribution is 5.99. The Morgan fingerprint density at radius 1 is 0.857 bits per heavy atom. The molecule has 0 amide bonds. The summed E-state index contributed by atoms with van der Waals surface area (Å²) in [6.07, 6.45) is 1.01. The zero-order valence-corrected chi connectivity index (χ0v) is 13.7. The first-order chi connectivity index (χ1) is 9.27. The van der Waals surface area contributed by atoms with Crippen molar-refractivity contribution < 1.29 is 0 Å². The van der Waals surface area contributed by atoms with E-state index in [2.05, 4.69) is 72.1 Å². The summed E-state index contributed by atoms with van der Waals surface area (Å²) in [5.41, 5.74) is 6.81. The molecule has 0 saturated heterocycles. The van der Waals surface area contributed by atoms with Crippen molar-refractivity contribution in [2.75, 3.05) is 11.9 Å². The number of aromatic nitrogens is 1. The largest absolute Gasteiger partial charge is 0.345 e. The lowest BCUT2D eigenvalue weighted by atomic mass is 10.00. The normalized spacial score (nSPS) is 12.2. The van der Waals surface area contributed by atoms with Crippen LogP contribution in [-0.2, 0) is 13.5 Å². The van der Waals surface area contributed by atoms with E-state index in [0.717, 1.165) is 6.42 Å². The van der Waals surface area contributed by atoms with Gasteiger partial charge in [0.25, 0.3) is 0 Å². The second-order valence-electron chi connectivity index (χ2n) is 5.24. The summed E-state index contributed by atoms with van der Waals surface area (Å²) in [4.78, 5) is 2.33. The van der Waals surface area contributed by atoms with Gasteiger partial charge in [-0.15, -0.1) is 24.8 Å². The van der Waals surface area contributed by atoms with E-state index in [9.17, 15) is 0 Å². The quantitative estimate of drug-likeness (QED) is 0.583. The number of fused-ring (bicyclic) bond motifs is 4. The minimum atomic E-state index is 0. The van der Waals surface area contributed by atoms with Crippen molar-refractivity contribution in [2.24, 2.45) is 7.05 Å². The van der Waals surface area contributed by atoms with Crippen LogP contribution in [0.15, 0.2) is 48.5 Å². The third-order valence-electron chi connectivity index (χ3n) is 4.25. The molecule has 1 aliphatic heterocycles. The minimum Gasteiger partial charge on any atom is -0.345 e. The van der Waals surface area contributed by atoms with Crippen LogP contribution in [-0.4, -0.2) is 11.6 Å². The maximum Gasteiger partial charge on any atom is 0.0704 e. The van der Waals surface area contributed by atoms with Crippen molar-refractivity contribution in [1.82, 2.24) is 4.57 Å². The number of hydrogen-bond acceptors (Lipinski definition) is 1. The van der Waals surface area contributed by atoms with Crippen LogP contribution in [0.5, 0.6) is 0 Å². The van der Waals surface area contributed by atoms with Crippen LogP contribution in [0.2, 0.25) is 0 Å². The molecule has 2 heterocycles. The Balaban J connectivity index is 0.000000807. The molecule has 2 aromatic carbocycles. The Hall–Kier alpha value is -1.64. The Labute approximate surface area is 137 Å². The van der Waals surface area contributed by atoms with Gasteiger partial charge in [-0.3, -0.25) is 0 Å². The molecule has 0 spiro atoms. The summed E-state index contributed by atoms with van der Waals surface area (Å²) in [5.74, 6) is 0. The first kappa shape index (κ1) is 15.7. The molecule has 4 rings (SSSR count). The van der Waals surface area contributed by atoms with Crippen LogP contribution in [0, 0.1) is 0 Å². The lowest BCUT2D eigenvalue weighted by Crippen LogP contribution is -2.18. The molecule has 0 bridgehead atoms. The molecule has 3 aromatic rings. The standard InChI is InChI=1S/C17H16N2.2ClH/c1-18-15-10-6-4-8-13(15)17-16(18)11-12-7-3-5-9-14(12)19(17)2;;/h3-10H,11H2,1-2H3;2*1H.